The molecule has 1 aliphatic carbocycles. The van der Waals surface area contributed by atoms with E-state index in [1.165, 1.54) is 37.8 Å². The van der Waals surface area contributed by atoms with Gasteiger partial charge in [-0.3, -0.25) is 0 Å². The molecule has 2 heterocycles. The molecule has 5 nitrogen and oxygen atoms in total. The van der Waals surface area contributed by atoms with Crippen LogP contribution in [0.2, 0.25) is 0 Å². The molecule has 0 bridgehead atoms. The Labute approximate surface area is 210 Å². The Morgan fingerprint density at radius 3 is 2.63 bits per heavy atom. The average molecular weight is 471 g/mol. The van der Waals surface area contributed by atoms with Crippen molar-refractivity contribution in [3.63, 3.8) is 0 Å². The first kappa shape index (κ1) is 24.9. The molecule has 4 rings (SSSR count). The number of allylic oxidation sites excluding steroid dienone is 2. The molecule has 5 heteroatoms. The van der Waals surface area contributed by atoms with Gasteiger partial charge in [0.05, 0.1) is 6.26 Å². The smallest absolute Gasteiger partial charge is 0.129 e. The van der Waals surface area contributed by atoms with Gasteiger partial charge in [-0.05, 0) is 82.0 Å². The molecule has 0 radical (unpaired) electrons. The van der Waals surface area contributed by atoms with Crippen LogP contribution in [0.1, 0.15) is 63.5 Å². The Balaban J connectivity index is 1.40. The first-order valence-electron chi connectivity index (χ1n) is 12.9. The van der Waals surface area contributed by atoms with Crippen molar-refractivity contribution >= 4 is 17.3 Å². The normalized spacial score (nSPS) is 23.2. The lowest BCUT2D eigenvalue weighted by Crippen LogP contribution is -2.55. The van der Waals surface area contributed by atoms with Gasteiger partial charge in [0.2, 0.25) is 0 Å². The zero-order valence-electron chi connectivity index (χ0n) is 21.0. The summed E-state index contributed by atoms with van der Waals surface area (Å²) >= 11 is 0. The molecule has 2 fully saturated rings. The van der Waals surface area contributed by atoms with Crippen LogP contribution in [0.25, 0.3) is 5.76 Å². The summed E-state index contributed by atoms with van der Waals surface area (Å²) in [6.45, 7) is 6.06. The lowest BCUT2D eigenvalue weighted by molar-refractivity contribution is 0.293. The van der Waals surface area contributed by atoms with Gasteiger partial charge in [0.1, 0.15) is 11.6 Å². The Hall–Kier alpha value is -3.23. The predicted molar refractivity (Wildman–Crippen MR) is 146 cm³/mol. The Kier molecular flexibility index (Phi) is 8.86. The third kappa shape index (κ3) is 6.68. The summed E-state index contributed by atoms with van der Waals surface area (Å²) in [4.78, 5) is 7.10. The fourth-order valence-electron chi connectivity index (χ4n) is 5.22. The van der Waals surface area contributed by atoms with Crippen molar-refractivity contribution in [2.24, 2.45) is 0 Å². The monoisotopic (exact) mass is 470 g/mol. The average Bonchev–Trinajstić information content (AvgIpc) is 2.91. The zero-order valence-corrected chi connectivity index (χ0v) is 21.0. The molecule has 0 spiro atoms. The topological polar surface area (TPSA) is 49.4 Å². The summed E-state index contributed by atoms with van der Waals surface area (Å²) in [5.41, 5.74) is 3.22. The number of nitrogens with one attached hydrogen (secondary N) is 2. The molecule has 2 N–H and O–H groups in total. The van der Waals surface area contributed by atoms with Crippen LogP contribution >= 0.6 is 0 Å². The van der Waals surface area contributed by atoms with Gasteiger partial charge >= 0.3 is 0 Å². The molecule has 2 unspecified atom stereocenters. The van der Waals surface area contributed by atoms with E-state index < -0.39 is 0 Å². The van der Waals surface area contributed by atoms with Gasteiger partial charge in [0.15, 0.2) is 0 Å². The summed E-state index contributed by atoms with van der Waals surface area (Å²) in [5, 5.41) is 7.76. The van der Waals surface area contributed by atoms with Crippen LogP contribution < -0.4 is 15.5 Å². The van der Waals surface area contributed by atoms with Crippen LogP contribution in [0.3, 0.4) is 0 Å². The van der Waals surface area contributed by atoms with Crippen LogP contribution in [0, 0.1) is 12.3 Å². The van der Waals surface area contributed by atoms with Gasteiger partial charge < -0.3 is 20.3 Å². The van der Waals surface area contributed by atoms with E-state index in [-0.39, 0.29) is 0 Å². The first-order valence-corrected chi connectivity index (χ1v) is 12.9. The second-order valence-corrected chi connectivity index (χ2v) is 9.45. The largest absolute Gasteiger partial charge is 0.465 e. The summed E-state index contributed by atoms with van der Waals surface area (Å²) in [5.74, 6) is 4.45. The van der Waals surface area contributed by atoms with Crippen LogP contribution in [0.5, 0.6) is 0 Å². The summed E-state index contributed by atoms with van der Waals surface area (Å²) in [7, 11) is 0. The van der Waals surface area contributed by atoms with E-state index in [9.17, 15) is 0 Å². The second-order valence-electron chi connectivity index (χ2n) is 9.45. The lowest BCUT2D eigenvalue weighted by atomic mass is 9.89. The van der Waals surface area contributed by atoms with E-state index in [1.807, 2.05) is 50.4 Å². The highest BCUT2D eigenvalue weighted by atomic mass is 16.5. The molecule has 184 valence electrons. The minimum Gasteiger partial charge on any atom is -0.465 e. The highest BCUT2D eigenvalue weighted by Gasteiger charge is 2.29. The number of pyridine rings is 1. The number of terminal acetylenes is 1. The number of nitrogens with zero attached hydrogens (tertiary/aromatic N) is 2. The first-order chi connectivity index (χ1) is 17.2. The number of benzene rings is 1. The SMILES string of the molecule is C#Cc1ccc(N2CCCC(N[C@@H]3CCCCC3Nc3cc(/C(=C/C)O/C=C\C)ccn3)C2)cc1. The minimum atomic E-state index is 0.363. The third-order valence-electron chi connectivity index (χ3n) is 7.01. The van der Waals surface area contributed by atoms with E-state index in [0.717, 1.165) is 42.2 Å². The van der Waals surface area contributed by atoms with Crippen molar-refractivity contribution in [2.45, 2.75) is 70.5 Å². The lowest BCUT2D eigenvalue weighted by Gasteiger charge is -2.40. The maximum absolute atomic E-state index is 5.75. The molecular formula is C30H38N4O. The number of piperidine rings is 1. The standard InChI is InChI=1S/C30H38N4O/c1-4-20-35-29(6-3)24-17-18-31-30(21-24)33-28-12-8-7-11-27(28)32-25-10-9-19-34(22-25)26-15-13-23(5-2)14-16-26/h2,4,6,13-18,20-21,25,27-28,32H,7-12,19,22H2,1,3H3,(H,31,33)/b20-4-,29-6-/t25?,27-,28?/m1/s1. The molecule has 1 saturated carbocycles. The maximum Gasteiger partial charge on any atom is 0.129 e. The number of ether oxygens (including phenoxy) is 1. The van der Waals surface area contributed by atoms with Crippen LogP contribution in [-0.4, -0.2) is 36.2 Å². The van der Waals surface area contributed by atoms with Crippen molar-refractivity contribution < 1.29 is 4.74 Å². The van der Waals surface area contributed by atoms with E-state index in [4.69, 9.17) is 11.2 Å². The second kappa shape index (κ2) is 12.5. The molecule has 35 heavy (non-hydrogen) atoms. The number of rotatable bonds is 8. The number of hydrogen-bond donors (Lipinski definition) is 2. The fraction of sp³-hybridized carbons (Fsp3) is 0.433. The van der Waals surface area contributed by atoms with Gasteiger partial charge in [-0.2, -0.15) is 0 Å². The van der Waals surface area contributed by atoms with Crippen molar-refractivity contribution in [3.8, 4) is 12.3 Å². The highest BCUT2D eigenvalue weighted by Crippen LogP contribution is 2.26. The Morgan fingerprint density at radius 1 is 1.09 bits per heavy atom. The quantitative estimate of drug-likeness (QED) is 0.368. The van der Waals surface area contributed by atoms with Gasteiger partial charge in [-0.1, -0.05) is 24.8 Å². The third-order valence-corrected chi connectivity index (χ3v) is 7.01. The van der Waals surface area contributed by atoms with Gasteiger partial charge in [-0.15, -0.1) is 6.42 Å². The van der Waals surface area contributed by atoms with Crippen molar-refractivity contribution in [2.75, 3.05) is 23.3 Å². The highest BCUT2D eigenvalue weighted by molar-refractivity contribution is 5.62. The molecule has 1 aromatic carbocycles. The van der Waals surface area contributed by atoms with Crippen LogP contribution in [0.15, 0.2) is 61.0 Å². The van der Waals surface area contributed by atoms with Gasteiger partial charge in [-0.25, -0.2) is 4.98 Å². The molecule has 2 aromatic rings. The van der Waals surface area contributed by atoms with Crippen LogP contribution in [0.4, 0.5) is 11.5 Å². The molecule has 1 aromatic heterocycles. The van der Waals surface area contributed by atoms with Gasteiger partial charge in [0.25, 0.3) is 0 Å². The molecule has 1 saturated heterocycles. The Morgan fingerprint density at radius 2 is 1.89 bits per heavy atom. The van der Waals surface area contributed by atoms with E-state index in [0.29, 0.717) is 18.1 Å². The Bertz CT molecular complexity index is 1050. The zero-order chi connectivity index (χ0) is 24.5. The molecule has 2 aliphatic rings. The van der Waals surface area contributed by atoms with Gasteiger partial charge in [0, 0.05) is 54.2 Å². The predicted octanol–water partition coefficient (Wildman–Crippen LogP) is 5.96. The molecule has 1 aliphatic heterocycles. The van der Waals surface area contributed by atoms with Crippen molar-refractivity contribution in [1.82, 2.24) is 10.3 Å². The van der Waals surface area contributed by atoms with E-state index in [2.05, 4.69) is 44.6 Å². The summed E-state index contributed by atoms with van der Waals surface area (Å²) < 4.78 is 5.75. The van der Waals surface area contributed by atoms with Crippen molar-refractivity contribution in [3.05, 3.63) is 72.1 Å². The molecular weight excluding hydrogens is 432 g/mol. The maximum atomic E-state index is 5.75. The number of hydrogen-bond acceptors (Lipinski definition) is 5. The van der Waals surface area contributed by atoms with Crippen molar-refractivity contribution in [1.29, 1.82) is 0 Å². The minimum absolute atomic E-state index is 0.363. The van der Waals surface area contributed by atoms with Crippen LogP contribution in [-0.2, 0) is 4.74 Å². The molecule has 3 atom stereocenters. The number of anilines is 2. The summed E-state index contributed by atoms with van der Waals surface area (Å²) in [6.07, 6.45) is 20.2. The van der Waals surface area contributed by atoms with E-state index in [1.54, 1.807) is 6.26 Å². The van der Waals surface area contributed by atoms with E-state index >= 15 is 0 Å². The fourth-order valence-corrected chi connectivity index (χ4v) is 5.22. The summed E-state index contributed by atoms with van der Waals surface area (Å²) in [6, 6.07) is 13.7. The number of aromatic nitrogens is 1. The molecule has 0 amide bonds.